The first-order valence-electron chi connectivity index (χ1n) is 9.11. The predicted molar refractivity (Wildman–Crippen MR) is 97.0 cm³/mol. The van der Waals surface area contributed by atoms with Crippen LogP contribution in [0.4, 0.5) is 8.78 Å². The number of nitrogens with one attached hydrogen (secondary N) is 2. The summed E-state index contributed by atoms with van der Waals surface area (Å²) < 4.78 is 28.2. The Labute approximate surface area is 162 Å². The molecule has 1 aromatic carbocycles. The van der Waals surface area contributed by atoms with E-state index in [4.69, 9.17) is 5.41 Å². The van der Waals surface area contributed by atoms with Crippen LogP contribution >= 0.6 is 0 Å². The minimum Gasteiger partial charge on any atom is -0.329 e. The van der Waals surface area contributed by atoms with Crippen LogP contribution in [0, 0.1) is 68.3 Å². The number of nitrogens with zero attached hydrogens (tertiary/aromatic N) is 3. The van der Waals surface area contributed by atoms with E-state index in [-0.39, 0.29) is 17.3 Å². The van der Waals surface area contributed by atoms with Crippen molar-refractivity contribution in [3.05, 3.63) is 47.0 Å². The van der Waals surface area contributed by atoms with Gasteiger partial charge in [0.25, 0.3) is 0 Å². The maximum absolute atomic E-state index is 14.8. The van der Waals surface area contributed by atoms with Gasteiger partial charge < -0.3 is 10.3 Å². The van der Waals surface area contributed by atoms with Crippen LogP contribution in [-0.4, -0.2) is 24.8 Å². The molecule has 1 heterocycles. The molecule has 0 bridgehead atoms. The van der Waals surface area contributed by atoms with Gasteiger partial charge in [-0.1, -0.05) is 6.07 Å². The zero-order valence-electron chi connectivity index (χ0n) is 15.6. The van der Waals surface area contributed by atoms with Crippen LogP contribution in [0.2, 0.25) is 0 Å². The van der Waals surface area contributed by atoms with Crippen molar-refractivity contribution in [1.82, 2.24) is 0 Å². The standard InChI is InChI=1S/C21H19F2N5/c1-12(2)28-6-5-14-16(8-24)20(27)21(10-25,11-26)19(17(14)9-28)15-4-3-13(22)7-18(15)23/h3-5,7,12,16-17,19,27H,6,9H2,1-2H3/p+1/t16?,17-,19-/m0/s1. The van der Waals surface area contributed by atoms with Crippen molar-refractivity contribution < 1.29 is 13.7 Å². The Morgan fingerprint density at radius 1 is 1.21 bits per heavy atom. The molecule has 0 aromatic heterocycles. The third-order valence-electron chi connectivity index (χ3n) is 6.02. The fraction of sp³-hybridized carbons (Fsp3) is 0.429. The van der Waals surface area contributed by atoms with Gasteiger partial charge in [0, 0.05) is 17.9 Å². The van der Waals surface area contributed by atoms with Crippen LogP contribution < -0.4 is 4.90 Å². The number of quaternary nitrogens is 1. The zero-order valence-corrected chi connectivity index (χ0v) is 15.6. The van der Waals surface area contributed by atoms with E-state index in [1.807, 2.05) is 32.1 Å². The van der Waals surface area contributed by atoms with Crippen LogP contribution in [0.25, 0.3) is 0 Å². The minimum atomic E-state index is -1.99. The van der Waals surface area contributed by atoms with Gasteiger partial charge in [-0.3, -0.25) is 0 Å². The number of hydrogen-bond acceptors (Lipinski definition) is 4. The molecule has 7 heteroatoms. The van der Waals surface area contributed by atoms with E-state index >= 15 is 0 Å². The number of fused-ring (bicyclic) bond motifs is 1. The Bertz CT molecular complexity index is 962. The highest BCUT2D eigenvalue weighted by Crippen LogP contribution is 2.52. The van der Waals surface area contributed by atoms with Crippen LogP contribution in [0.15, 0.2) is 29.8 Å². The highest BCUT2D eigenvalue weighted by molar-refractivity contribution is 6.00. The first-order chi connectivity index (χ1) is 13.3. The first-order valence-corrected chi connectivity index (χ1v) is 9.11. The third kappa shape index (κ3) is 2.78. The zero-order chi connectivity index (χ0) is 20.6. The molecule has 4 atom stereocenters. The van der Waals surface area contributed by atoms with Gasteiger partial charge in [-0.25, -0.2) is 8.78 Å². The second-order valence-corrected chi connectivity index (χ2v) is 7.68. The van der Waals surface area contributed by atoms with E-state index in [0.717, 1.165) is 12.1 Å². The molecule has 142 valence electrons. The minimum absolute atomic E-state index is 0.0338. The van der Waals surface area contributed by atoms with Gasteiger partial charge in [-0.15, -0.1) is 0 Å². The molecule has 5 nitrogen and oxygen atoms in total. The van der Waals surface area contributed by atoms with Gasteiger partial charge in [0.1, 0.15) is 17.6 Å². The van der Waals surface area contributed by atoms with Crippen LogP contribution in [0.3, 0.4) is 0 Å². The van der Waals surface area contributed by atoms with Crippen molar-refractivity contribution in [3.8, 4) is 18.2 Å². The molecular formula is C21H20F2N5+. The summed E-state index contributed by atoms with van der Waals surface area (Å²) >= 11 is 0. The molecule has 2 aliphatic rings. The average Bonchev–Trinajstić information content (AvgIpc) is 2.67. The number of hydrogen-bond donors (Lipinski definition) is 2. The largest absolute Gasteiger partial charge is 0.329 e. The molecule has 0 spiro atoms. The van der Waals surface area contributed by atoms with E-state index in [1.54, 1.807) is 0 Å². The second kappa shape index (κ2) is 7.15. The predicted octanol–water partition coefficient (Wildman–Crippen LogP) is 2.10. The van der Waals surface area contributed by atoms with Gasteiger partial charge >= 0.3 is 0 Å². The molecule has 2 unspecified atom stereocenters. The van der Waals surface area contributed by atoms with E-state index in [9.17, 15) is 24.6 Å². The molecule has 1 aromatic rings. The lowest BCUT2D eigenvalue weighted by molar-refractivity contribution is -0.920. The molecule has 3 rings (SSSR count). The lowest BCUT2D eigenvalue weighted by Gasteiger charge is -2.47. The highest BCUT2D eigenvalue weighted by Gasteiger charge is 2.59. The fourth-order valence-electron chi connectivity index (χ4n) is 4.49. The topological polar surface area (TPSA) is 99.7 Å². The Morgan fingerprint density at radius 2 is 1.89 bits per heavy atom. The van der Waals surface area contributed by atoms with Gasteiger partial charge in [-0.05, 0) is 37.1 Å². The smallest absolute Gasteiger partial charge is 0.190 e. The van der Waals surface area contributed by atoms with E-state index < -0.39 is 34.8 Å². The molecule has 0 radical (unpaired) electrons. The van der Waals surface area contributed by atoms with E-state index in [1.165, 1.54) is 11.0 Å². The third-order valence-corrected chi connectivity index (χ3v) is 6.02. The molecule has 0 saturated heterocycles. The Kier molecular flexibility index (Phi) is 5.02. The molecular weight excluding hydrogens is 360 g/mol. The fourth-order valence-corrected chi connectivity index (χ4v) is 4.49. The average molecular weight is 380 g/mol. The molecule has 1 fully saturated rings. The van der Waals surface area contributed by atoms with E-state index in [2.05, 4.69) is 6.07 Å². The van der Waals surface area contributed by atoms with Crippen molar-refractivity contribution in [3.63, 3.8) is 0 Å². The Balaban J connectivity index is 2.28. The number of halogens is 2. The van der Waals surface area contributed by atoms with Crippen molar-refractivity contribution in [2.24, 2.45) is 17.3 Å². The molecule has 0 amide bonds. The SMILES string of the molecule is CC(C)[NH+]1CC=C2C(C#N)C(=N)C(C#N)(C#N)[C@@H](c3ccc(F)cc3F)[C@H]2C1. The quantitative estimate of drug-likeness (QED) is 0.769. The van der Waals surface area contributed by atoms with Gasteiger partial charge in [0.15, 0.2) is 5.41 Å². The number of benzene rings is 1. The molecule has 1 aliphatic carbocycles. The van der Waals surface area contributed by atoms with E-state index in [0.29, 0.717) is 18.7 Å². The first kappa shape index (κ1) is 19.7. The summed E-state index contributed by atoms with van der Waals surface area (Å²) in [5.74, 6) is -4.04. The Morgan fingerprint density at radius 3 is 2.43 bits per heavy atom. The summed E-state index contributed by atoms with van der Waals surface area (Å²) in [7, 11) is 0. The summed E-state index contributed by atoms with van der Waals surface area (Å²) in [6, 6.07) is 9.21. The normalized spacial score (nSPS) is 28.5. The summed E-state index contributed by atoms with van der Waals surface area (Å²) in [6.07, 6.45) is 1.89. The molecule has 28 heavy (non-hydrogen) atoms. The Hall–Kier alpha value is -3.08. The van der Waals surface area contributed by atoms with Crippen molar-refractivity contribution in [2.75, 3.05) is 13.1 Å². The summed E-state index contributed by atoms with van der Waals surface area (Å²) in [4.78, 5) is 1.18. The maximum Gasteiger partial charge on any atom is 0.190 e. The van der Waals surface area contributed by atoms with Crippen molar-refractivity contribution >= 4 is 5.71 Å². The lowest BCUT2D eigenvalue weighted by Crippen LogP contribution is -3.16. The van der Waals surface area contributed by atoms with Crippen LogP contribution in [-0.2, 0) is 0 Å². The summed E-state index contributed by atoms with van der Waals surface area (Å²) in [6.45, 7) is 5.23. The number of rotatable bonds is 2. The van der Waals surface area contributed by atoms with Gasteiger partial charge in [0.05, 0.1) is 43.1 Å². The lowest BCUT2D eigenvalue weighted by atomic mass is 9.54. The molecule has 1 saturated carbocycles. The molecule has 1 aliphatic heterocycles. The van der Waals surface area contributed by atoms with Crippen molar-refractivity contribution in [2.45, 2.75) is 25.8 Å². The summed E-state index contributed by atoms with van der Waals surface area (Å²) in [5.41, 5.74) is -1.62. The molecule has 2 N–H and O–H groups in total. The highest BCUT2D eigenvalue weighted by atomic mass is 19.1. The number of nitriles is 3. The van der Waals surface area contributed by atoms with Crippen molar-refractivity contribution in [1.29, 1.82) is 21.2 Å². The van der Waals surface area contributed by atoms with Gasteiger partial charge in [-0.2, -0.15) is 15.8 Å². The van der Waals surface area contributed by atoms with Crippen LogP contribution in [0.5, 0.6) is 0 Å². The maximum atomic E-state index is 14.8. The van der Waals surface area contributed by atoms with Crippen LogP contribution in [0.1, 0.15) is 25.3 Å². The monoisotopic (exact) mass is 380 g/mol. The van der Waals surface area contributed by atoms with Gasteiger partial charge in [0.2, 0.25) is 0 Å². The second-order valence-electron chi connectivity index (χ2n) is 7.68. The summed E-state index contributed by atoms with van der Waals surface area (Å²) in [5, 5.41) is 38.0.